The zero-order valence-corrected chi connectivity index (χ0v) is 20.3. The third kappa shape index (κ3) is 5.54. The molecule has 0 aliphatic carbocycles. The van der Waals surface area contributed by atoms with E-state index in [9.17, 15) is 4.79 Å². The molecular formula is C24H31BrN4O3. The van der Waals surface area contributed by atoms with Gasteiger partial charge in [0, 0.05) is 55.3 Å². The molecule has 3 heterocycles. The van der Waals surface area contributed by atoms with Crippen molar-refractivity contribution in [2.45, 2.75) is 50.8 Å². The van der Waals surface area contributed by atoms with Crippen molar-refractivity contribution in [3.63, 3.8) is 0 Å². The average Bonchev–Trinajstić information content (AvgIpc) is 2.82. The molecule has 2 saturated heterocycles. The molecule has 0 bridgehead atoms. The highest BCUT2D eigenvalue weighted by Crippen LogP contribution is 2.20. The minimum atomic E-state index is 0.00115. The number of aromatic nitrogens is 2. The van der Waals surface area contributed by atoms with E-state index in [1.54, 1.807) is 7.11 Å². The van der Waals surface area contributed by atoms with Crippen LogP contribution in [0.3, 0.4) is 0 Å². The Balaban J connectivity index is 1.36. The number of carbonyl (C=O) groups excluding carboxylic acids is 1. The number of piperidine rings is 1. The molecule has 32 heavy (non-hydrogen) atoms. The van der Waals surface area contributed by atoms with Gasteiger partial charge in [-0.25, -0.2) is 9.97 Å². The van der Waals surface area contributed by atoms with Crippen LogP contribution in [0.15, 0.2) is 35.1 Å². The predicted molar refractivity (Wildman–Crippen MR) is 126 cm³/mol. The van der Waals surface area contributed by atoms with Crippen LogP contribution in [-0.2, 0) is 15.9 Å². The maximum atomic E-state index is 13.2. The van der Waals surface area contributed by atoms with Crippen LogP contribution < -0.4 is 5.32 Å². The minimum Gasteiger partial charge on any atom is -0.379 e. The summed E-state index contributed by atoms with van der Waals surface area (Å²) >= 11 is 3.47. The Morgan fingerprint density at radius 1 is 1.22 bits per heavy atom. The lowest BCUT2D eigenvalue weighted by Crippen LogP contribution is -2.54. The third-order valence-corrected chi connectivity index (χ3v) is 7.04. The number of hydrogen-bond acceptors (Lipinski definition) is 6. The van der Waals surface area contributed by atoms with Gasteiger partial charge in [-0.05, 0) is 43.9 Å². The van der Waals surface area contributed by atoms with E-state index < -0.39 is 0 Å². The fourth-order valence-corrected chi connectivity index (χ4v) is 4.78. The molecule has 0 spiro atoms. The van der Waals surface area contributed by atoms with Crippen molar-refractivity contribution in [3.05, 3.63) is 57.6 Å². The quantitative estimate of drug-likeness (QED) is 0.653. The Labute approximate surface area is 198 Å². The van der Waals surface area contributed by atoms with Gasteiger partial charge >= 0.3 is 0 Å². The van der Waals surface area contributed by atoms with Crippen LogP contribution in [-0.4, -0.2) is 72.4 Å². The van der Waals surface area contributed by atoms with E-state index in [4.69, 9.17) is 9.47 Å². The average molecular weight is 503 g/mol. The molecule has 2 aliphatic rings. The van der Waals surface area contributed by atoms with E-state index in [-0.39, 0.29) is 12.0 Å². The van der Waals surface area contributed by atoms with Crippen LogP contribution in [0, 0.1) is 6.92 Å². The van der Waals surface area contributed by atoms with Crippen LogP contribution >= 0.6 is 15.9 Å². The second-order valence-electron chi connectivity index (χ2n) is 8.57. The Hall–Kier alpha value is -1.87. The topological polar surface area (TPSA) is 76.6 Å². The van der Waals surface area contributed by atoms with Crippen LogP contribution in [0.5, 0.6) is 0 Å². The van der Waals surface area contributed by atoms with Crippen molar-refractivity contribution in [1.82, 2.24) is 20.2 Å². The van der Waals surface area contributed by atoms with Crippen LogP contribution in [0.4, 0.5) is 0 Å². The lowest BCUT2D eigenvalue weighted by molar-refractivity contribution is -0.0533. The van der Waals surface area contributed by atoms with Crippen LogP contribution in [0.2, 0.25) is 0 Å². The van der Waals surface area contributed by atoms with E-state index in [1.807, 2.05) is 24.0 Å². The van der Waals surface area contributed by atoms with Crippen molar-refractivity contribution in [1.29, 1.82) is 0 Å². The van der Waals surface area contributed by atoms with Crippen molar-refractivity contribution in [2.75, 3.05) is 33.4 Å². The molecule has 2 fully saturated rings. The zero-order chi connectivity index (χ0) is 22.5. The van der Waals surface area contributed by atoms with E-state index in [2.05, 4.69) is 43.3 Å². The molecule has 0 radical (unpaired) electrons. The van der Waals surface area contributed by atoms with E-state index in [0.717, 1.165) is 60.3 Å². The van der Waals surface area contributed by atoms with Gasteiger partial charge in [0.1, 0.15) is 12.0 Å². The Bertz CT molecular complexity index is 916. The summed E-state index contributed by atoms with van der Waals surface area (Å²) < 4.78 is 12.1. The van der Waals surface area contributed by atoms with Gasteiger partial charge in [0.25, 0.3) is 5.91 Å². The van der Waals surface area contributed by atoms with E-state index >= 15 is 0 Å². The lowest BCUT2D eigenvalue weighted by atomic mass is 9.99. The molecule has 1 aromatic carbocycles. The standard InChI is InChI=1S/C24H31BrN4O3/c1-16-21(13-17-3-5-18(25)6-4-17)26-15-27-23(16)24(30)29-10-7-19(8-11-29)28-20-9-12-32-14-22(20)31-2/h3-6,15,19-20,22,28H,7-14H2,1-2H3. The monoisotopic (exact) mass is 502 g/mol. The molecule has 0 saturated carbocycles. The van der Waals surface area contributed by atoms with E-state index in [0.29, 0.717) is 30.8 Å². The van der Waals surface area contributed by atoms with Gasteiger partial charge in [-0.3, -0.25) is 4.79 Å². The fraction of sp³-hybridized carbons (Fsp3) is 0.542. The van der Waals surface area contributed by atoms with Gasteiger partial charge in [0.15, 0.2) is 0 Å². The second-order valence-corrected chi connectivity index (χ2v) is 9.49. The predicted octanol–water partition coefficient (Wildman–Crippen LogP) is 3.14. The number of benzene rings is 1. The molecular weight excluding hydrogens is 472 g/mol. The summed E-state index contributed by atoms with van der Waals surface area (Å²) in [5.41, 5.74) is 3.43. The van der Waals surface area contributed by atoms with Crippen molar-refractivity contribution >= 4 is 21.8 Å². The SMILES string of the molecule is COC1COCCC1NC1CCN(C(=O)c2ncnc(Cc3ccc(Br)cc3)c2C)CC1. The van der Waals surface area contributed by atoms with Crippen molar-refractivity contribution in [2.24, 2.45) is 0 Å². The maximum Gasteiger partial charge on any atom is 0.272 e. The first-order valence-corrected chi connectivity index (χ1v) is 12.0. The first-order chi connectivity index (χ1) is 15.5. The van der Waals surface area contributed by atoms with Crippen molar-refractivity contribution < 1.29 is 14.3 Å². The molecule has 172 valence electrons. The molecule has 4 rings (SSSR count). The number of nitrogens with one attached hydrogen (secondary N) is 1. The number of halogens is 1. The number of nitrogens with zero attached hydrogens (tertiary/aromatic N) is 3. The smallest absolute Gasteiger partial charge is 0.272 e. The molecule has 2 unspecified atom stereocenters. The van der Waals surface area contributed by atoms with Gasteiger partial charge in [-0.15, -0.1) is 0 Å². The summed E-state index contributed by atoms with van der Waals surface area (Å²) in [7, 11) is 1.74. The number of methoxy groups -OCH3 is 1. The number of hydrogen-bond donors (Lipinski definition) is 1. The molecule has 1 N–H and O–H groups in total. The van der Waals surface area contributed by atoms with Gasteiger partial charge < -0.3 is 19.7 Å². The number of carbonyl (C=O) groups is 1. The summed E-state index contributed by atoms with van der Waals surface area (Å²) in [6.45, 7) is 4.81. The third-order valence-electron chi connectivity index (χ3n) is 6.51. The Morgan fingerprint density at radius 2 is 1.97 bits per heavy atom. The van der Waals surface area contributed by atoms with Crippen LogP contribution in [0.1, 0.15) is 46.6 Å². The highest BCUT2D eigenvalue weighted by molar-refractivity contribution is 9.10. The molecule has 2 atom stereocenters. The zero-order valence-electron chi connectivity index (χ0n) is 18.7. The lowest BCUT2D eigenvalue weighted by Gasteiger charge is -2.38. The van der Waals surface area contributed by atoms with Gasteiger partial charge in [-0.1, -0.05) is 28.1 Å². The highest BCUT2D eigenvalue weighted by atomic mass is 79.9. The summed E-state index contributed by atoms with van der Waals surface area (Å²) in [6, 6.07) is 8.87. The van der Waals surface area contributed by atoms with Gasteiger partial charge in [0.2, 0.25) is 0 Å². The summed E-state index contributed by atoms with van der Waals surface area (Å²) in [6.07, 6.45) is 5.10. The van der Waals surface area contributed by atoms with Crippen molar-refractivity contribution in [3.8, 4) is 0 Å². The molecule has 2 aliphatic heterocycles. The number of ether oxygens (including phenoxy) is 2. The molecule has 1 amide bonds. The fourth-order valence-electron chi connectivity index (χ4n) is 4.51. The number of rotatable bonds is 6. The normalized spacial score (nSPS) is 22.2. The van der Waals surface area contributed by atoms with Crippen LogP contribution in [0.25, 0.3) is 0 Å². The van der Waals surface area contributed by atoms with Gasteiger partial charge in [0.05, 0.1) is 18.4 Å². The van der Waals surface area contributed by atoms with Gasteiger partial charge in [-0.2, -0.15) is 0 Å². The molecule has 1 aromatic heterocycles. The largest absolute Gasteiger partial charge is 0.379 e. The second kappa shape index (κ2) is 10.8. The summed E-state index contributed by atoms with van der Waals surface area (Å²) in [5, 5.41) is 3.74. The number of likely N-dealkylation sites (tertiary alicyclic amines) is 1. The Kier molecular flexibility index (Phi) is 7.88. The first-order valence-electron chi connectivity index (χ1n) is 11.3. The highest BCUT2D eigenvalue weighted by Gasteiger charge is 2.31. The Morgan fingerprint density at radius 3 is 2.69 bits per heavy atom. The van der Waals surface area contributed by atoms with E-state index in [1.165, 1.54) is 6.33 Å². The number of amides is 1. The summed E-state index contributed by atoms with van der Waals surface area (Å²) in [5.74, 6) is 0.00115. The molecule has 2 aromatic rings. The molecule has 8 heteroatoms. The molecule has 7 nitrogen and oxygen atoms in total. The summed E-state index contributed by atoms with van der Waals surface area (Å²) in [4.78, 5) is 24.0. The maximum absolute atomic E-state index is 13.2. The first kappa shape index (κ1) is 23.3. The minimum absolute atomic E-state index is 0.00115.